The number of amides is 2. The van der Waals surface area contributed by atoms with E-state index in [0.29, 0.717) is 44.6 Å². The van der Waals surface area contributed by atoms with Gasteiger partial charge >= 0.3 is 0 Å². The van der Waals surface area contributed by atoms with E-state index < -0.39 is 11.6 Å². The van der Waals surface area contributed by atoms with Crippen molar-refractivity contribution in [2.75, 3.05) is 36.4 Å². The Morgan fingerprint density at radius 1 is 1.21 bits per heavy atom. The molecule has 0 atom stereocenters. The Kier molecular flexibility index (Phi) is 7.06. The van der Waals surface area contributed by atoms with E-state index in [1.54, 1.807) is 11.1 Å². The van der Waals surface area contributed by atoms with Crippen LogP contribution in [0.2, 0.25) is 0 Å². The quantitative estimate of drug-likeness (QED) is 0.549. The molecule has 1 saturated heterocycles. The second kappa shape index (κ2) is 10.0. The summed E-state index contributed by atoms with van der Waals surface area (Å²) in [6.07, 6.45) is 2.66. The van der Waals surface area contributed by atoms with Crippen molar-refractivity contribution in [3.8, 4) is 0 Å². The fourth-order valence-corrected chi connectivity index (χ4v) is 5.15. The van der Waals surface area contributed by atoms with E-state index in [2.05, 4.69) is 19.6 Å². The van der Waals surface area contributed by atoms with E-state index in [-0.39, 0.29) is 23.4 Å². The topological polar surface area (TPSA) is 78.4 Å². The van der Waals surface area contributed by atoms with Crippen LogP contribution in [0, 0.1) is 24.5 Å². The second-order valence-electron chi connectivity index (χ2n) is 8.32. The second-order valence-corrected chi connectivity index (χ2v) is 9.07. The summed E-state index contributed by atoms with van der Waals surface area (Å²) < 4.78 is 31.8. The first kappa shape index (κ1) is 24.0. The molecule has 0 saturated carbocycles. The highest BCUT2D eigenvalue weighted by molar-refractivity contribution is 7.13. The maximum absolute atomic E-state index is 13.9. The van der Waals surface area contributed by atoms with Gasteiger partial charge in [0.05, 0.1) is 28.0 Å². The zero-order chi connectivity index (χ0) is 24.4. The van der Waals surface area contributed by atoms with Crippen LogP contribution in [-0.2, 0) is 4.79 Å². The van der Waals surface area contributed by atoms with Crippen molar-refractivity contribution in [1.82, 2.24) is 14.3 Å². The summed E-state index contributed by atoms with van der Waals surface area (Å²) >= 11 is 1.30. The molecule has 7 nitrogen and oxygen atoms in total. The van der Waals surface area contributed by atoms with Crippen LogP contribution in [0.4, 0.5) is 20.2 Å². The molecule has 180 valence electrons. The highest BCUT2D eigenvalue weighted by Crippen LogP contribution is 2.37. The molecule has 0 unspecified atom stereocenters. The number of nitrogens with one attached hydrogen (secondary N) is 1. The molecule has 0 spiro atoms. The van der Waals surface area contributed by atoms with Gasteiger partial charge in [0.1, 0.15) is 16.5 Å². The molecule has 34 heavy (non-hydrogen) atoms. The van der Waals surface area contributed by atoms with Crippen molar-refractivity contribution in [3.63, 3.8) is 0 Å². The fourth-order valence-electron chi connectivity index (χ4n) is 4.40. The van der Waals surface area contributed by atoms with Gasteiger partial charge < -0.3 is 15.1 Å². The molecule has 1 aliphatic heterocycles. The molecule has 0 aliphatic carbocycles. The minimum Gasteiger partial charge on any atom is -0.370 e. The minimum absolute atomic E-state index is 0.0820. The van der Waals surface area contributed by atoms with Crippen LogP contribution in [0.5, 0.6) is 0 Å². The van der Waals surface area contributed by atoms with Crippen LogP contribution >= 0.6 is 11.5 Å². The van der Waals surface area contributed by atoms with Gasteiger partial charge in [-0.15, -0.1) is 0 Å². The van der Waals surface area contributed by atoms with Crippen LogP contribution < -0.4 is 10.2 Å². The molecular formula is C24H27F2N5O2S. The normalized spacial score (nSPS) is 14.4. The van der Waals surface area contributed by atoms with Crippen LogP contribution in [0.25, 0.3) is 10.2 Å². The Morgan fingerprint density at radius 2 is 1.91 bits per heavy atom. The largest absolute Gasteiger partial charge is 0.370 e. The average molecular weight is 488 g/mol. The smallest absolute Gasteiger partial charge is 0.257 e. The number of fused-ring (bicyclic) bond motifs is 1. The fraction of sp³-hybridized carbons (Fsp3) is 0.417. The number of carbonyl (C=O) groups excluding carboxylic acids is 2. The first-order valence-corrected chi connectivity index (χ1v) is 12.2. The van der Waals surface area contributed by atoms with Crippen LogP contribution in [-0.4, -0.2) is 52.3 Å². The van der Waals surface area contributed by atoms with Crippen molar-refractivity contribution >= 4 is 44.9 Å². The summed E-state index contributed by atoms with van der Waals surface area (Å²) in [7, 11) is 0. The van der Waals surface area contributed by atoms with Crippen molar-refractivity contribution in [3.05, 3.63) is 47.3 Å². The molecule has 3 aromatic rings. The lowest BCUT2D eigenvalue weighted by Gasteiger charge is -2.35. The number of benzene rings is 1. The summed E-state index contributed by atoms with van der Waals surface area (Å²) in [4.78, 5) is 35.2. The molecule has 1 fully saturated rings. The first-order valence-electron chi connectivity index (χ1n) is 11.4. The number of aryl methyl sites for hydroxylation is 1. The standard InChI is InChI=1S/C24H27F2N5O2S/c1-4-30(5-2)24(33)17-13-27-23-20(14(3)29-34-23)21(17)31-10-8-15(9-11-31)22(32)28-19-12-16(25)6-7-18(19)26/h6-7,12-13,15H,4-5,8-11H2,1-3H3,(H,28,32). The van der Waals surface area contributed by atoms with Gasteiger partial charge in [0.15, 0.2) is 0 Å². The highest BCUT2D eigenvalue weighted by Gasteiger charge is 2.30. The maximum Gasteiger partial charge on any atom is 0.257 e. The van der Waals surface area contributed by atoms with Gasteiger partial charge in [0.2, 0.25) is 5.91 Å². The molecule has 4 rings (SSSR count). The van der Waals surface area contributed by atoms with Crippen molar-refractivity contribution in [1.29, 1.82) is 0 Å². The zero-order valence-electron chi connectivity index (χ0n) is 19.4. The predicted octanol–water partition coefficient (Wildman–Crippen LogP) is 4.62. The van der Waals surface area contributed by atoms with Crippen LogP contribution in [0.15, 0.2) is 24.4 Å². The molecule has 2 aromatic heterocycles. The van der Waals surface area contributed by atoms with E-state index >= 15 is 0 Å². The Labute approximate surface area is 200 Å². The van der Waals surface area contributed by atoms with E-state index in [1.807, 2.05) is 20.8 Å². The van der Waals surface area contributed by atoms with Gasteiger partial charge in [0.25, 0.3) is 5.91 Å². The SMILES string of the molecule is CCN(CC)C(=O)c1cnc2snc(C)c2c1N1CCC(C(=O)Nc2cc(F)ccc2F)CC1. The number of aromatic nitrogens is 2. The van der Waals surface area contributed by atoms with Gasteiger partial charge in [-0.25, -0.2) is 13.8 Å². The van der Waals surface area contributed by atoms with E-state index in [0.717, 1.165) is 39.8 Å². The van der Waals surface area contributed by atoms with Gasteiger partial charge in [-0.05, 0) is 57.3 Å². The molecular weight excluding hydrogens is 460 g/mol. The summed E-state index contributed by atoms with van der Waals surface area (Å²) in [5, 5.41) is 3.39. The number of anilines is 2. The molecule has 3 heterocycles. The number of hydrogen-bond donors (Lipinski definition) is 1. The third kappa shape index (κ3) is 4.59. The lowest BCUT2D eigenvalue weighted by atomic mass is 9.94. The van der Waals surface area contributed by atoms with Crippen LogP contribution in [0.3, 0.4) is 0 Å². The zero-order valence-corrected chi connectivity index (χ0v) is 20.2. The molecule has 1 N–H and O–H groups in total. The number of halogens is 2. The molecule has 0 radical (unpaired) electrons. The Bertz CT molecular complexity index is 1220. The van der Waals surface area contributed by atoms with Gasteiger partial charge in [-0.3, -0.25) is 9.59 Å². The van der Waals surface area contributed by atoms with Gasteiger partial charge in [-0.1, -0.05) is 0 Å². The average Bonchev–Trinajstić information content (AvgIpc) is 3.22. The Balaban J connectivity index is 1.57. The molecule has 1 aliphatic rings. The van der Waals surface area contributed by atoms with Crippen molar-refractivity contribution < 1.29 is 18.4 Å². The number of pyridine rings is 1. The predicted molar refractivity (Wildman–Crippen MR) is 129 cm³/mol. The summed E-state index contributed by atoms with van der Waals surface area (Å²) in [5.74, 6) is -2.05. The van der Waals surface area contributed by atoms with E-state index in [9.17, 15) is 18.4 Å². The monoisotopic (exact) mass is 487 g/mol. The number of rotatable bonds is 6. The lowest BCUT2D eigenvalue weighted by Crippen LogP contribution is -2.40. The maximum atomic E-state index is 13.9. The number of nitrogens with zero attached hydrogens (tertiary/aromatic N) is 4. The molecule has 1 aromatic carbocycles. The minimum atomic E-state index is -0.675. The third-order valence-corrected chi connectivity index (χ3v) is 7.14. The summed E-state index contributed by atoms with van der Waals surface area (Å²) in [6, 6.07) is 2.98. The van der Waals surface area contributed by atoms with E-state index in [4.69, 9.17) is 0 Å². The summed E-state index contributed by atoms with van der Waals surface area (Å²) in [5.41, 5.74) is 2.00. The Hall–Kier alpha value is -3.14. The first-order chi connectivity index (χ1) is 16.3. The summed E-state index contributed by atoms with van der Waals surface area (Å²) in [6.45, 7) is 8.04. The third-order valence-electron chi connectivity index (χ3n) is 6.30. The number of hydrogen-bond acceptors (Lipinski definition) is 6. The van der Waals surface area contributed by atoms with Crippen molar-refractivity contribution in [2.24, 2.45) is 5.92 Å². The number of piperidine rings is 1. The molecule has 2 amide bonds. The molecule has 10 heteroatoms. The lowest BCUT2D eigenvalue weighted by molar-refractivity contribution is -0.120. The van der Waals surface area contributed by atoms with Gasteiger partial charge in [0, 0.05) is 44.4 Å². The van der Waals surface area contributed by atoms with Gasteiger partial charge in [-0.2, -0.15) is 4.37 Å². The van der Waals surface area contributed by atoms with E-state index in [1.165, 1.54) is 11.5 Å². The van der Waals surface area contributed by atoms with Crippen molar-refractivity contribution in [2.45, 2.75) is 33.6 Å². The van der Waals surface area contributed by atoms with Crippen LogP contribution in [0.1, 0.15) is 42.7 Å². The number of carbonyl (C=O) groups is 2. The molecule has 0 bridgehead atoms. The highest BCUT2D eigenvalue weighted by atomic mass is 32.1. The Morgan fingerprint density at radius 3 is 2.59 bits per heavy atom.